The lowest BCUT2D eigenvalue weighted by Crippen LogP contribution is -2.26. The molecule has 4 rings (SSSR count). The van der Waals surface area contributed by atoms with Crippen LogP contribution in [0.1, 0.15) is 22.2 Å². The highest BCUT2D eigenvalue weighted by molar-refractivity contribution is 5.93. The van der Waals surface area contributed by atoms with Crippen molar-refractivity contribution < 1.29 is 14.6 Å². The smallest absolute Gasteiger partial charge is 0.335 e. The highest BCUT2D eigenvalue weighted by Gasteiger charge is 2.27. The number of carbonyl (C=O) groups is 1. The van der Waals surface area contributed by atoms with Gasteiger partial charge in [0.05, 0.1) is 17.9 Å². The second-order valence-electron chi connectivity index (χ2n) is 6.57. The van der Waals surface area contributed by atoms with E-state index in [4.69, 9.17) is 9.72 Å². The molecule has 8 nitrogen and oxygen atoms in total. The third-order valence-corrected chi connectivity index (χ3v) is 4.62. The van der Waals surface area contributed by atoms with Gasteiger partial charge in [0.2, 0.25) is 5.95 Å². The molecule has 1 aliphatic rings. The molecule has 1 unspecified atom stereocenters. The number of carboxylic acid groups (broad SMARTS) is 1. The summed E-state index contributed by atoms with van der Waals surface area (Å²) in [5.41, 5.74) is 4.34. The first-order valence-electron chi connectivity index (χ1n) is 9.21. The molecule has 1 aromatic heterocycles. The van der Waals surface area contributed by atoms with E-state index in [-0.39, 0.29) is 11.7 Å². The van der Waals surface area contributed by atoms with E-state index in [2.05, 4.69) is 20.9 Å². The highest BCUT2D eigenvalue weighted by Crippen LogP contribution is 2.40. The van der Waals surface area contributed by atoms with Crippen LogP contribution in [-0.4, -0.2) is 41.3 Å². The van der Waals surface area contributed by atoms with E-state index >= 15 is 0 Å². The van der Waals surface area contributed by atoms with Crippen molar-refractivity contribution in [2.75, 3.05) is 36.2 Å². The van der Waals surface area contributed by atoms with E-state index in [1.807, 2.05) is 30.3 Å². The maximum atomic E-state index is 11.4. The van der Waals surface area contributed by atoms with Gasteiger partial charge in [-0.05, 0) is 24.3 Å². The van der Waals surface area contributed by atoms with E-state index in [9.17, 15) is 9.90 Å². The van der Waals surface area contributed by atoms with E-state index in [1.54, 1.807) is 31.5 Å². The number of rotatable bonds is 7. The van der Waals surface area contributed by atoms with Gasteiger partial charge in [0.1, 0.15) is 6.17 Å². The third-order valence-electron chi connectivity index (χ3n) is 4.62. The van der Waals surface area contributed by atoms with Gasteiger partial charge in [-0.25, -0.2) is 14.8 Å². The van der Waals surface area contributed by atoms with Crippen molar-refractivity contribution in [2.45, 2.75) is 6.17 Å². The van der Waals surface area contributed by atoms with E-state index in [1.165, 1.54) is 0 Å². The lowest BCUT2D eigenvalue weighted by atomic mass is 9.96. The lowest BCUT2D eigenvalue weighted by Gasteiger charge is -2.30. The predicted octanol–water partition coefficient (Wildman–Crippen LogP) is 3.44. The number of hydrogen-bond acceptors (Lipinski definition) is 7. The highest BCUT2D eigenvalue weighted by atomic mass is 16.5. The van der Waals surface area contributed by atoms with Gasteiger partial charge in [-0.3, -0.25) is 0 Å². The van der Waals surface area contributed by atoms with Gasteiger partial charge < -0.3 is 25.8 Å². The summed E-state index contributed by atoms with van der Waals surface area (Å²) in [6.07, 6.45) is 1.41. The summed E-state index contributed by atoms with van der Waals surface area (Å²) in [5.74, 6) is -0.463. The van der Waals surface area contributed by atoms with Crippen molar-refractivity contribution in [3.8, 4) is 11.1 Å². The van der Waals surface area contributed by atoms with Crippen molar-refractivity contribution in [1.29, 1.82) is 0 Å². The Morgan fingerprint density at radius 3 is 2.79 bits per heavy atom. The summed E-state index contributed by atoms with van der Waals surface area (Å²) in [6.45, 7) is 1.14. The molecule has 4 N–H and O–H groups in total. The zero-order valence-electron chi connectivity index (χ0n) is 15.8. The van der Waals surface area contributed by atoms with Crippen LogP contribution < -0.4 is 16.0 Å². The number of aromatic nitrogens is 2. The van der Waals surface area contributed by atoms with Gasteiger partial charge in [-0.1, -0.05) is 24.3 Å². The molecular weight excluding hydrogens is 370 g/mol. The van der Waals surface area contributed by atoms with Crippen LogP contribution in [0.15, 0.2) is 54.7 Å². The number of methoxy groups -OCH3 is 1. The number of anilines is 3. The maximum absolute atomic E-state index is 11.4. The number of para-hydroxylation sites is 1. The first kappa shape index (κ1) is 18.7. The number of carboxylic acids is 1. The average Bonchev–Trinajstić information content (AvgIpc) is 2.74. The van der Waals surface area contributed by atoms with E-state index < -0.39 is 5.97 Å². The number of ether oxygens (including phenoxy) is 1. The number of benzene rings is 2. The maximum Gasteiger partial charge on any atom is 0.335 e. The molecule has 1 aliphatic heterocycles. The molecule has 0 amide bonds. The Hall–Kier alpha value is -3.65. The molecule has 29 heavy (non-hydrogen) atoms. The van der Waals surface area contributed by atoms with Crippen molar-refractivity contribution >= 4 is 23.3 Å². The largest absolute Gasteiger partial charge is 0.478 e. The fraction of sp³-hybridized carbons (Fsp3) is 0.190. The monoisotopic (exact) mass is 391 g/mol. The zero-order chi connectivity index (χ0) is 20.2. The third kappa shape index (κ3) is 3.97. The van der Waals surface area contributed by atoms with Crippen LogP contribution in [0.2, 0.25) is 0 Å². The number of aromatic carboxylic acids is 1. The molecule has 3 aromatic rings. The molecule has 8 heteroatoms. The van der Waals surface area contributed by atoms with Crippen LogP contribution in [0.3, 0.4) is 0 Å². The minimum Gasteiger partial charge on any atom is -0.478 e. The molecule has 148 valence electrons. The first-order valence-corrected chi connectivity index (χ1v) is 9.21. The number of nitrogens with zero attached hydrogens (tertiary/aromatic N) is 2. The lowest BCUT2D eigenvalue weighted by molar-refractivity contribution is 0.0697. The molecule has 1 atom stereocenters. The summed E-state index contributed by atoms with van der Waals surface area (Å²) < 4.78 is 5.06. The normalized spacial score (nSPS) is 14.3. The molecule has 0 saturated carbocycles. The molecule has 2 aromatic carbocycles. The SMILES string of the molecule is COCCNc1ncc2c(n1)C(Nc1ccccc1)Nc1cc(C(=O)O)ccc1-2. The Labute approximate surface area is 168 Å². The Morgan fingerprint density at radius 2 is 2.03 bits per heavy atom. The first-order chi connectivity index (χ1) is 14.2. The van der Waals surface area contributed by atoms with Gasteiger partial charge in [-0.15, -0.1) is 0 Å². The standard InChI is InChI=1S/C21H21N5O3/c1-29-10-9-22-21-23-12-16-15-8-7-13(20(27)28)11-17(15)25-19(18(16)26-21)24-14-5-3-2-4-6-14/h2-8,11-12,19,24-25H,9-10H2,1H3,(H,27,28)(H,22,23,26). The molecular formula is C21H21N5O3. The number of nitrogens with one attached hydrogen (secondary N) is 3. The Morgan fingerprint density at radius 1 is 1.21 bits per heavy atom. The zero-order valence-corrected chi connectivity index (χ0v) is 15.8. The summed E-state index contributed by atoms with van der Waals surface area (Å²) >= 11 is 0. The summed E-state index contributed by atoms with van der Waals surface area (Å²) in [7, 11) is 1.64. The van der Waals surface area contributed by atoms with Crippen LogP contribution in [0.25, 0.3) is 11.1 Å². The predicted molar refractivity (Wildman–Crippen MR) is 111 cm³/mol. The van der Waals surface area contributed by atoms with Gasteiger partial charge in [0, 0.05) is 42.4 Å². The summed E-state index contributed by atoms with van der Waals surface area (Å²) in [5, 5.41) is 19.3. The van der Waals surface area contributed by atoms with Crippen LogP contribution >= 0.6 is 0 Å². The second-order valence-corrected chi connectivity index (χ2v) is 6.57. The van der Waals surface area contributed by atoms with E-state index in [0.29, 0.717) is 19.1 Å². The van der Waals surface area contributed by atoms with Gasteiger partial charge >= 0.3 is 5.97 Å². The topological polar surface area (TPSA) is 108 Å². The summed E-state index contributed by atoms with van der Waals surface area (Å²) in [4.78, 5) is 20.5. The fourth-order valence-corrected chi connectivity index (χ4v) is 3.23. The van der Waals surface area contributed by atoms with Crippen molar-refractivity contribution in [3.63, 3.8) is 0 Å². The number of hydrogen-bond donors (Lipinski definition) is 4. The van der Waals surface area contributed by atoms with Gasteiger partial charge in [-0.2, -0.15) is 0 Å². The minimum atomic E-state index is -0.970. The van der Waals surface area contributed by atoms with Gasteiger partial charge in [0.15, 0.2) is 0 Å². The summed E-state index contributed by atoms with van der Waals surface area (Å²) in [6, 6.07) is 14.8. The van der Waals surface area contributed by atoms with E-state index in [0.717, 1.165) is 28.2 Å². The van der Waals surface area contributed by atoms with Crippen LogP contribution in [0.4, 0.5) is 17.3 Å². The average molecular weight is 391 g/mol. The molecule has 0 bridgehead atoms. The molecule has 2 heterocycles. The van der Waals surface area contributed by atoms with Crippen molar-refractivity contribution in [3.05, 3.63) is 66.0 Å². The van der Waals surface area contributed by atoms with Crippen molar-refractivity contribution in [1.82, 2.24) is 9.97 Å². The molecule has 0 fully saturated rings. The van der Waals surface area contributed by atoms with Crippen LogP contribution in [0, 0.1) is 0 Å². The quantitative estimate of drug-likeness (QED) is 0.454. The van der Waals surface area contributed by atoms with Crippen molar-refractivity contribution in [2.24, 2.45) is 0 Å². The molecule has 0 spiro atoms. The molecule has 0 radical (unpaired) electrons. The molecule has 0 saturated heterocycles. The molecule has 0 aliphatic carbocycles. The Bertz CT molecular complexity index is 1030. The Balaban J connectivity index is 1.73. The second kappa shape index (κ2) is 8.15. The van der Waals surface area contributed by atoms with Crippen LogP contribution in [0.5, 0.6) is 0 Å². The van der Waals surface area contributed by atoms with Crippen LogP contribution in [-0.2, 0) is 4.74 Å². The minimum absolute atomic E-state index is 0.219. The Kier molecular flexibility index (Phi) is 5.26. The van der Waals surface area contributed by atoms with Gasteiger partial charge in [0.25, 0.3) is 0 Å². The number of fused-ring (bicyclic) bond motifs is 3. The fourth-order valence-electron chi connectivity index (χ4n) is 3.23.